The van der Waals surface area contributed by atoms with Gasteiger partial charge in [-0.2, -0.15) is 0 Å². The van der Waals surface area contributed by atoms with Gasteiger partial charge in [0.2, 0.25) is 0 Å². The van der Waals surface area contributed by atoms with E-state index in [-0.39, 0.29) is 12.1 Å². The van der Waals surface area contributed by atoms with Crippen molar-refractivity contribution in [2.45, 2.75) is 32.9 Å². The van der Waals surface area contributed by atoms with Crippen molar-refractivity contribution in [2.24, 2.45) is 0 Å². The van der Waals surface area contributed by atoms with Crippen LogP contribution in [0.5, 0.6) is 0 Å². The van der Waals surface area contributed by atoms with E-state index in [4.69, 9.17) is 8.83 Å². The standard InChI is InChI=1S/C17H19NO2/c1-11-14-7-4-5-8-16(14)20-17(11)13(3)18-12(2)15-9-6-10-19-15/h4-10,12-13,18H,1-3H3. The van der Waals surface area contributed by atoms with E-state index in [1.165, 1.54) is 10.9 Å². The van der Waals surface area contributed by atoms with E-state index >= 15 is 0 Å². The highest BCUT2D eigenvalue weighted by atomic mass is 16.3. The van der Waals surface area contributed by atoms with Crippen LogP contribution in [-0.4, -0.2) is 0 Å². The second-order valence-electron chi connectivity index (χ2n) is 5.21. The summed E-state index contributed by atoms with van der Waals surface area (Å²) in [6.07, 6.45) is 1.70. The number of nitrogens with one attached hydrogen (secondary N) is 1. The molecule has 3 rings (SSSR count). The van der Waals surface area contributed by atoms with Crippen LogP contribution in [0.25, 0.3) is 11.0 Å². The molecule has 1 N–H and O–H groups in total. The molecular formula is C17H19NO2. The van der Waals surface area contributed by atoms with E-state index in [1.807, 2.05) is 30.3 Å². The van der Waals surface area contributed by atoms with Gasteiger partial charge in [0, 0.05) is 5.39 Å². The van der Waals surface area contributed by atoms with Crippen LogP contribution in [0.2, 0.25) is 0 Å². The molecule has 2 unspecified atom stereocenters. The van der Waals surface area contributed by atoms with Crippen molar-refractivity contribution < 1.29 is 8.83 Å². The minimum Gasteiger partial charge on any atom is -0.468 e. The van der Waals surface area contributed by atoms with E-state index in [9.17, 15) is 0 Å². The summed E-state index contributed by atoms with van der Waals surface area (Å²) in [4.78, 5) is 0. The molecular weight excluding hydrogens is 250 g/mol. The zero-order valence-electron chi connectivity index (χ0n) is 12.0. The van der Waals surface area contributed by atoms with Gasteiger partial charge >= 0.3 is 0 Å². The van der Waals surface area contributed by atoms with Gasteiger partial charge < -0.3 is 8.83 Å². The molecule has 0 amide bonds. The largest absolute Gasteiger partial charge is 0.468 e. The summed E-state index contributed by atoms with van der Waals surface area (Å²) < 4.78 is 11.4. The Morgan fingerprint density at radius 3 is 2.50 bits per heavy atom. The molecule has 0 saturated heterocycles. The highest BCUT2D eigenvalue weighted by Gasteiger charge is 2.19. The van der Waals surface area contributed by atoms with Gasteiger partial charge in [-0.3, -0.25) is 5.32 Å². The zero-order valence-corrected chi connectivity index (χ0v) is 12.0. The van der Waals surface area contributed by atoms with Gasteiger partial charge in [0.1, 0.15) is 17.1 Å². The fourth-order valence-electron chi connectivity index (χ4n) is 2.68. The van der Waals surface area contributed by atoms with Gasteiger partial charge in [-0.25, -0.2) is 0 Å². The smallest absolute Gasteiger partial charge is 0.134 e. The van der Waals surface area contributed by atoms with E-state index in [2.05, 4.69) is 32.2 Å². The molecule has 3 aromatic rings. The molecule has 1 aromatic carbocycles. The number of hydrogen-bond donors (Lipinski definition) is 1. The normalized spacial score (nSPS) is 14.6. The van der Waals surface area contributed by atoms with E-state index in [0.29, 0.717) is 0 Å². The van der Waals surface area contributed by atoms with Crippen molar-refractivity contribution in [1.29, 1.82) is 0 Å². The lowest BCUT2D eigenvalue weighted by Crippen LogP contribution is -2.22. The Morgan fingerprint density at radius 1 is 1.00 bits per heavy atom. The Morgan fingerprint density at radius 2 is 1.80 bits per heavy atom. The molecule has 0 aliphatic heterocycles. The van der Waals surface area contributed by atoms with Gasteiger partial charge in [-0.1, -0.05) is 18.2 Å². The Labute approximate surface area is 118 Å². The molecule has 20 heavy (non-hydrogen) atoms. The van der Waals surface area contributed by atoms with Gasteiger partial charge in [0.25, 0.3) is 0 Å². The van der Waals surface area contributed by atoms with Crippen LogP contribution in [0.1, 0.15) is 43.0 Å². The number of fused-ring (bicyclic) bond motifs is 1. The lowest BCUT2D eigenvalue weighted by atomic mass is 10.1. The summed E-state index contributed by atoms with van der Waals surface area (Å²) in [6, 6.07) is 12.3. The molecule has 0 fully saturated rings. The molecule has 104 valence electrons. The first-order valence-corrected chi connectivity index (χ1v) is 6.94. The third kappa shape index (κ3) is 2.25. The first kappa shape index (κ1) is 13.0. The number of rotatable bonds is 4. The van der Waals surface area contributed by atoms with E-state index < -0.39 is 0 Å². The fourth-order valence-corrected chi connectivity index (χ4v) is 2.68. The minimum absolute atomic E-state index is 0.127. The predicted molar refractivity (Wildman–Crippen MR) is 79.6 cm³/mol. The van der Waals surface area contributed by atoms with Gasteiger partial charge in [0.15, 0.2) is 0 Å². The molecule has 0 bridgehead atoms. The molecule has 2 aromatic heterocycles. The second kappa shape index (κ2) is 5.17. The van der Waals surface area contributed by atoms with Crippen LogP contribution in [0.3, 0.4) is 0 Å². The number of benzene rings is 1. The number of aryl methyl sites for hydroxylation is 1. The molecule has 2 heterocycles. The Hall–Kier alpha value is -2.00. The average Bonchev–Trinajstić information content (AvgIpc) is 3.07. The maximum absolute atomic E-state index is 5.99. The first-order valence-electron chi connectivity index (χ1n) is 6.94. The number of furan rings is 2. The summed E-state index contributed by atoms with van der Waals surface area (Å²) in [5, 5.41) is 4.70. The molecule has 3 nitrogen and oxygen atoms in total. The number of hydrogen-bond acceptors (Lipinski definition) is 3. The molecule has 0 aliphatic carbocycles. The highest BCUT2D eigenvalue weighted by Crippen LogP contribution is 2.30. The average molecular weight is 269 g/mol. The molecule has 3 heteroatoms. The maximum atomic E-state index is 5.99. The van der Waals surface area contributed by atoms with E-state index in [0.717, 1.165) is 17.1 Å². The van der Waals surface area contributed by atoms with Crippen molar-refractivity contribution in [1.82, 2.24) is 5.32 Å². The third-order valence-corrected chi connectivity index (χ3v) is 3.74. The Bertz CT molecular complexity index is 697. The Balaban J connectivity index is 1.85. The summed E-state index contributed by atoms with van der Waals surface area (Å²) in [5.74, 6) is 1.93. The second-order valence-corrected chi connectivity index (χ2v) is 5.21. The fraction of sp³-hybridized carbons (Fsp3) is 0.294. The quantitative estimate of drug-likeness (QED) is 0.743. The highest BCUT2D eigenvalue weighted by molar-refractivity contribution is 5.82. The third-order valence-electron chi connectivity index (χ3n) is 3.74. The van der Waals surface area contributed by atoms with Crippen LogP contribution in [-0.2, 0) is 0 Å². The lowest BCUT2D eigenvalue weighted by molar-refractivity contribution is 0.371. The topological polar surface area (TPSA) is 38.3 Å². The van der Waals surface area contributed by atoms with Crippen LogP contribution in [0, 0.1) is 6.92 Å². The van der Waals surface area contributed by atoms with Crippen molar-refractivity contribution in [3.8, 4) is 0 Å². The lowest BCUT2D eigenvalue weighted by Gasteiger charge is -2.17. The van der Waals surface area contributed by atoms with Crippen LogP contribution in [0.4, 0.5) is 0 Å². The first-order chi connectivity index (χ1) is 9.66. The maximum Gasteiger partial charge on any atom is 0.134 e. The van der Waals surface area contributed by atoms with Crippen molar-refractivity contribution in [3.63, 3.8) is 0 Å². The Kier molecular flexibility index (Phi) is 3.36. The summed E-state index contributed by atoms with van der Waals surface area (Å²) in [5.41, 5.74) is 2.14. The van der Waals surface area contributed by atoms with Gasteiger partial charge in [0.05, 0.1) is 18.3 Å². The van der Waals surface area contributed by atoms with Gasteiger partial charge in [-0.05, 0) is 44.5 Å². The van der Waals surface area contributed by atoms with Crippen LogP contribution >= 0.6 is 0 Å². The summed E-state index contributed by atoms with van der Waals surface area (Å²) >= 11 is 0. The summed E-state index contributed by atoms with van der Waals surface area (Å²) in [6.45, 7) is 6.31. The SMILES string of the molecule is Cc1c(C(C)NC(C)c2ccco2)oc2ccccc12. The predicted octanol–water partition coefficient (Wildman–Crippen LogP) is 4.75. The van der Waals surface area contributed by atoms with Crippen molar-refractivity contribution >= 4 is 11.0 Å². The van der Waals surface area contributed by atoms with Crippen molar-refractivity contribution in [2.75, 3.05) is 0 Å². The molecule has 0 aliphatic rings. The molecule has 0 radical (unpaired) electrons. The zero-order chi connectivity index (χ0) is 14.1. The molecule has 0 saturated carbocycles. The van der Waals surface area contributed by atoms with Crippen LogP contribution < -0.4 is 5.32 Å². The monoisotopic (exact) mass is 269 g/mol. The number of para-hydroxylation sites is 1. The molecule has 0 spiro atoms. The molecule has 2 atom stereocenters. The van der Waals surface area contributed by atoms with Crippen LogP contribution in [0.15, 0.2) is 51.5 Å². The van der Waals surface area contributed by atoms with Crippen molar-refractivity contribution in [3.05, 3.63) is 59.7 Å². The summed E-state index contributed by atoms with van der Waals surface area (Å²) in [7, 11) is 0. The van der Waals surface area contributed by atoms with Gasteiger partial charge in [-0.15, -0.1) is 0 Å². The minimum atomic E-state index is 0.127. The van der Waals surface area contributed by atoms with E-state index in [1.54, 1.807) is 6.26 Å².